The van der Waals surface area contributed by atoms with Crippen molar-refractivity contribution in [2.75, 3.05) is 10.5 Å². The standard InChI is InChI=1S/C16H25NO3S/c1-4-7-8-13(5-2)16(18)14-9-11-15(12-10-14)17-21(19,20)6-3/h9-13,17H,4-8H2,1-3H3. The van der Waals surface area contributed by atoms with Gasteiger partial charge in [0.25, 0.3) is 0 Å². The Kier molecular flexibility index (Phi) is 6.89. The van der Waals surface area contributed by atoms with Gasteiger partial charge in [-0.25, -0.2) is 8.42 Å². The lowest BCUT2D eigenvalue weighted by Crippen LogP contribution is -2.16. The highest BCUT2D eigenvalue weighted by Crippen LogP contribution is 2.20. The summed E-state index contributed by atoms with van der Waals surface area (Å²) in [6.07, 6.45) is 3.89. The number of rotatable bonds is 9. The monoisotopic (exact) mass is 311 g/mol. The smallest absolute Gasteiger partial charge is 0.232 e. The van der Waals surface area contributed by atoms with Crippen LogP contribution >= 0.6 is 0 Å². The number of nitrogens with one attached hydrogen (secondary N) is 1. The van der Waals surface area contributed by atoms with Crippen LogP contribution in [-0.2, 0) is 10.0 Å². The highest BCUT2D eigenvalue weighted by atomic mass is 32.2. The first kappa shape index (κ1) is 17.7. The van der Waals surface area contributed by atoms with Gasteiger partial charge in [-0.15, -0.1) is 0 Å². The number of carbonyl (C=O) groups is 1. The van der Waals surface area contributed by atoms with E-state index in [0.29, 0.717) is 11.3 Å². The van der Waals surface area contributed by atoms with E-state index < -0.39 is 10.0 Å². The summed E-state index contributed by atoms with van der Waals surface area (Å²) in [5, 5.41) is 0. The lowest BCUT2D eigenvalue weighted by molar-refractivity contribution is 0.0908. The van der Waals surface area contributed by atoms with Crippen LogP contribution in [0, 0.1) is 5.92 Å². The normalized spacial score (nSPS) is 12.9. The largest absolute Gasteiger partial charge is 0.294 e. The van der Waals surface area contributed by atoms with E-state index in [1.807, 2.05) is 6.92 Å². The van der Waals surface area contributed by atoms with Gasteiger partial charge in [-0.3, -0.25) is 9.52 Å². The lowest BCUT2D eigenvalue weighted by atomic mass is 9.90. The summed E-state index contributed by atoms with van der Waals surface area (Å²) in [6, 6.07) is 6.69. The molecule has 0 bridgehead atoms. The van der Waals surface area contributed by atoms with Crippen molar-refractivity contribution in [3.05, 3.63) is 29.8 Å². The van der Waals surface area contributed by atoms with E-state index in [1.165, 1.54) is 0 Å². The van der Waals surface area contributed by atoms with Crippen LogP contribution < -0.4 is 4.72 Å². The topological polar surface area (TPSA) is 63.2 Å². The van der Waals surface area contributed by atoms with Gasteiger partial charge in [-0.1, -0.05) is 26.7 Å². The number of benzene rings is 1. The summed E-state index contributed by atoms with van der Waals surface area (Å²) in [5.74, 6) is 0.238. The lowest BCUT2D eigenvalue weighted by Gasteiger charge is -2.13. The Hall–Kier alpha value is -1.36. The summed E-state index contributed by atoms with van der Waals surface area (Å²) in [5.41, 5.74) is 1.15. The molecule has 1 aromatic rings. The highest BCUT2D eigenvalue weighted by Gasteiger charge is 2.17. The molecule has 0 spiro atoms. The molecule has 0 radical (unpaired) electrons. The zero-order chi connectivity index (χ0) is 15.9. The van der Waals surface area contributed by atoms with Gasteiger partial charge in [-0.2, -0.15) is 0 Å². The molecule has 0 saturated carbocycles. The Morgan fingerprint density at radius 3 is 2.24 bits per heavy atom. The molecule has 1 atom stereocenters. The predicted octanol–water partition coefficient (Wildman–Crippen LogP) is 3.85. The first-order valence-corrected chi connectivity index (χ1v) is 9.23. The van der Waals surface area contributed by atoms with Gasteiger partial charge >= 0.3 is 0 Å². The molecule has 21 heavy (non-hydrogen) atoms. The third-order valence-corrected chi connectivity index (χ3v) is 4.90. The summed E-state index contributed by atoms with van der Waals surface area (Å²) in [4.78, 5) is 12.4. The molecule has 0 heterocycles. The quantitative estimate of drug-likeness (QED) is 0.705. The van der Waals surface area contributed by atoms with Crippen LogP contribution in [0.25, 0.3) is 0 Å². The van der Waals surface area contributed by atoms with Crippen molar-refractivity contribution in [1.29, 1.82) is 0 Å². The molecular weight excluding hydrogens is 286 g/mol. The third-order valence-electron chi connectivity index (χ3n) is 3.59. The summed E-state index contributed by atoms with van der Waals surface area (Å²) < 4.78 is 25.4. The van der Waals surface area contributed by atoms with E-state index >= 15 is 0 Å². The van der Waals surface area contributed by atoms with Crippen LogP contribution in [0.2, 0.25) is 0 Å². The second-order valence-corrected chi connectivity index (χ2v) is 7.21. The van der Waals surface area contributed by atoms with Crippen molar-refractivity contribution in [3.63, 3.8) is 0 Å². The Bertz CT molecular complexity index is 549. The van der Waals surface area contributed by atoms with Gasteiger partial charge in [0.1, 0.15) is 0 Å². The van der Waals surface area contributed by atoms with Gasteiger partial charge in [0.05, 0.1) is 5.75 Å². The minimum atomic E-state index is -3.27. The van der Waals surface area contributed by atoms with Crippen LogP contribution in [-0.4, -0.2) is 20.0 Å². The first-order valence-electron chi connectivity index (χ1n) is 7.58. The number of sulfonamides is 1. The number of anilines is 1. The van der Waals surface area contributed by atoms with Crippen molar-refractivity contribution >= 4 is 21.5 Å². The zero-order valence-corrected chi connectivity index (χ0v) is 13.9. The molecule has 1 rings (SSSR count). The average Bonchev–Trinajstić information content (AvgIpc) is 2.48. The van der Waals surface area contributed by atoms with Crippen molar-refractivity contribution < 1.29 is 13.2 Å². The highest BCUT2D eigenvalue weighted by molar-refractivity contribution is 7.92. The third kappa shape index (κ3) is 5.50. The van der Waals surface area contributed by atoms with E-state index in [2.05, 4.69) is 11.6 Å². The van der Waals surface area contributed by atoms with Gasteiger partial charge in [0, 0.05) is 17.2 Å². The van der Waals surface area contributed by atoms with Crippen LogP contribution in [0.3, 0.4) is 0 Å². The Morgan fingerprint density at radius 2 is 1.76 bits per heavy atom. The van der Waals surface area contributed by atoms with E-state index in [1.54, 1.807) is 31.2 Å². The Balaban J connectivity index is 2.79. The second-order valence-electron chi connectivity index (χ2n) is 5.19. The molecule has 0 fully saturated rings. The second kappa shape index (κ2) is 8.17. The Labute approximate surface area is 128 Å². The van der Waals surface area contributed by atoms with Crippen LogP contribution in [0.5, 0.6) is 0 Å². The number of Topliss-reactive ketones (excluding diaryl/α,β-unsaturated/α-hetero) is 1. The SMILES string of the molecule is CCCCC(CC)C(=O)c1ccc(NS(=O)(=O)CC)cc1. The molecule has 0 saturated heterocycles. The zero-order valence-electron chi connectivity index (χ0n) is 13.1. The number of unbranched alkanes of at least 4 members (excludes halogenated alkanes) is 1. The average molecular weight is 311 g/mol. The van der Waals surface area contributed by atoms with Crippen LogP contribution in [0.15, 0.2) is 24.3 Å². The fourth-order valence-electron chi connectivity index (χ4n) is 2.16. The fourth-order valence-corrected chi connectivity index (χ4v) is 2.80. The number of hydrogen-bond donors (Lipinski definition) is 1. The molecule has 0 aliphatic heterocycles. The molecule has 0 amide bonds. The minimum absolute atomic E-state index is 0.0304. The van der Waals surface area contributed by atoms with E-state index in [0.717, 1.165) is 25.7 Å². The number of hydrogen-bond acceptors (Lipinski definition) is 3. The molecule has 4 nitrogen and oxygen atoms in total. The predicted molar refractivity (Wildman–Crippen MR) is 87.2 cm³/mol. The molecule has 1 unspecified atom stereocenters. The number of carbonyl (C=O) groups excluding carboxylic acids is 1. The van der Waals surface area contributed by atoms with Gasteiger partial charge in [-0.05, 0) is 44.0 Å². The maximum absolute atomic E-state index is 12.4. The molecule has 0 aromatic heterocycles. The van der Waals surface area contributed by atoms with Gasteiger partial charge in [0.15, 0.2) is 5.78 Å². The molecule has 5 heteroatoms. The summed E-state index contributed by atoms with van der Waals surface area (Å²) >= 11 is 0. The molecular formula is C16H25NO3S. The van der Waals surface area contributed by atoms with Crippen LogP contribution in [0.4, 0.5) is 5.69 Å². The number of ketones is 1. The Morgan fingerprint density at radius 1 is 1.14 bits per heavy atom. The molecule has 0 aliphatic carbocycles. The first-order chi connectivity index (χ1) is 9.93. The molecule has 1 N–H and O–H groups in total. The van der Waals surface area contributed by atoms with Crippen molar-refractivity contribution in [2.45, 2.75) is 46.5 Å². The van der Waals surface area contributed by atoms with Crippen molar-refractivity contribution in [2.24, 2.45) is 5.92 Å². The molecule has 1 aromatic carbocycles. The van der Waals surface area contributed by atoms with Crippen molar-refractivity contribution in [1.82, 2.24) is 0 Å². The maximum Gasteiger partial charge on any atom is 0.232 e. The van der Waals surface area contributed by atoms with E-state index in [9.17, 15) is 13.2 Å². The van der Waals surface area contributed by atoms with Gasteiger partial charge < -0.3 is 0 Å². The molecule has 0 aliphatic rings. The molecule has 118 valence electrons. The van der Waals surface area contributed by atoms with Crippen molar-refractivity contribution in [3.8, 4) is 0 Å². The summed E-state index contributed by atoms with van der Waals surface area (Å²) in [7, 11) is -3.27. The maximum atomic E-state index is 12.4. The van der Waals surface area contributed by atoms with E-state index in [4.69, 9.17) is 0 Å². The van der Waals surface area contributed by atoms with Crippen LogP contribution in [0.1, 0.15) is 56.8 Å². The van der Waals surface area contributed by atoms with Gasteiger partial charge in [0.2, 0.25) is 10.0 Å². The minimum Gasteiger partial charge on any atom is -0.294 e. The summed E-state index contributed by atoms with van der Waals surface area (Å²) in [6.45, 7) is 5.73. The van der Waals surface area contributed by atoms with E-state index in [-0.39, 0.29) is 17.5 Å². The fraction of sp³-hybridized carbons (Fsp3) is 0.562.